The summed E-state index contributed by atoms with van der Waals surface area (Å²) in [5, 5.41) is 16.9. The first-order chi connectivity index (χ1) is 9.28. The number of fused-ring (bicyclic) bond motifs is 1. The molecular formula is C14H16N4O. The molecule has 0 amide bonds. The van der Waals surface area contributed by atoms with Crippen molar-refractivity contribution in [2.24, 2.45) is 5.73 Å². The minimum atomic E-state index is 0.163. The van der Waals surface area contributed by atoms with E-state index in [1.165, 1.54) is 0 Å². The van der Waals surface area contributed by atoms with Crippen molar-refractivity contribution >= 4 is 10.9 Å². The number of ether oxygens (including phenoxy) is 1. The lowest BCUT2D eigenvalue weighted by Crippen LogP contribution is -2.31. The Labute approximate surface area is 111 Å². The van der Waals surface area contributed by atoms with Crippen molar-refractivity contribution in [3.8, 4) is 11.8 Å². The van der Waals surface area contributed by atoms with Gasteiger partial charge in [-0.1, -0.05) is 0 Å². The number of rotatable bonds is 2. The van der Waals surface area contributed by atoms with Crippen molar-refractivity contribution in [1.29, 1.82) is 5.26 Å². The van der Waals surface area contributed by atoms with Gasteiger partial charge in [0.2, 0.25) is 0 Å². The molecule has 19 heavy (non-hydrogen) atoms. The molecule has 1 aromatic carbocycles. The molecule has 0 aliphatic heterocycles. The molecule has 1 saturated carbocycles. The molecule has 0 unspecified atom stereocenters. The Bertz CT molecular complexity index is 620. The fourth-order valence-corrected chi connectivity index (χ4v) is 2.60. The van der Waals surface area contributed by atoms with Gasteiger partial charge in [0.05, 0.1) is 17.8 Å². The number of nitrogens with one attached hydrogen (secondary N) is 1. The first-order valence-corrected chi connectivity index (χ1v) is 6.56. The Morgan fingerprint density at radius 3 is 2.84 bits per heavy atom. The predicted molar refractivity (Wildman–Crippen MR) is 71.7 cm³/mol. The van der Waals surface area contributed by atoms with Gasteiger partial charge in [0.1, 0.15) is 17.4 Å². The van der Waals surface area contributed by atoms with Crippen LogP contribution in [0.3, 0.4) is 0 Å². The van der Waals surface area contributed by atoms with Gasteiger partial charge in [0.25, 0.3) is 0 Å². The SMILES string of the molecule is N#Cc1c(O[C@H]2CC[C@H](N)CC2)ccc2[nH]ncc12. The van der Waals surface area contributed by atoms with Crippen molar-refractivity contribution in [2.45, 2.75) is 37.8 Å². The van der Waals surface area contributed by atoms with Gasteiger partial charge in [-0.25, -0.2) is 0 Å². The molecule has 1 aromatic heterocycles. The average Bonchev–Trinajstić information content (AvgIpc) is 2.89. The summed E-state index contributed by atoms with van der Waals surface area (Å²) in [6.45, 7) is 0. The van der Waals surface area contributed by atoms with Crippen LogP contribution in [0.2, 0.25) is 0 Å². The van der Waals surface area contributed by atoms with Crippen LogP contribution < -0.4 is 10.5 Å². The van der Waals surface area contributed by atoms with Gasteiger partial charge in [-0.15, -0.1) is 0 Å². The third-order valence-electron chi connectivity index (χ3n) is 3.71. The Balaban J connectivity index is 1.86. The monoisotopic (exact) mass is 256 g/mol. The van der Waals surface area contributed by atoms with E-state index in [4.69, 9.17) is 10.5 Å². The third kappa shape index (κ3) is 2.27. The number of nitrogens with zero attached hydrogens (tertiary/aromatic N) is 2. The van der Waals surface area contributed by atoms with E-state index in [9.17, 15) is 5.26 Å². The largest absolute Gasteiger partial charge is 0.489 e. The summed E-state index contributed by atoms with van der Waals surface area (Å²) in [5.41, 5.74) is 7.30. The highest BCUT2D eigenvalue weighted by atomic mass is 16.5. The standard InChI is InChI=1S/C14H16N4O/c15-7-11-12-8-17-18-13(12)5-6-14(11)19-10-3-1-9(16)2-4-10/h5-6,8-10H,1-4,16H2,(H,17,18)/t9-,10-. The summed E-state index contributed by atoms with van der Waals surface area (Å²) < 4.78 is 5.98. The summed E-state index contributed by atoms with van der Waals surface area (Å²) in [7, 11) is 0. The summed E-state index contributed by atoms with van der Waals surface area (Å²) in [4.78, 5) is 0. The lowest BCUT2D eigenvalue weighted by Gasteiger charge is -2.27. The van der Waals surface area contributed by atoms with Crippen LogP contribution >= 0.6 is 0 Å². The fraction of sp³-hybridized carbons (Fsp3) is 0.429. The summed E-state index contributed by atoms with van der Waals surface area (Å²) in [6.07, 6.45) is 5.71. The van der Waals surface area contributed by atoms with Gasteiger partial charge in [0.15, 0.2) is 0 Å². The number of nitriles is 1. The van der Waals surface area contributed by atoms with Crippen LogP contribution in [0.25, 0.3) is 10.9 Å². The maximum absolute atomic E-state index is 9.31. The lowest BCUT2D eigenvalue weighted by molar-refractivity contribution is 0.147. The van der Waals surface area contributed by atoms with Crippen LogP contribution in [0, 0.1) is 11.3 Å². The second-order valence-electron chi connectivity index (χ2n) is 5.04. The Kier molecular flexibility index (Phi) is 3.10. The molecule has 3 rings (SSSR count). The van der Waals surface area contributed by atoms with E-state index in [-0.39, 0.29) is 6.10 Å². The van der Waals surface area contributed by atoms with E-state index in [1.54, 1.807) is 6.20 Å². The fourth-order valence-electron chi connectivity index (χ4n) is 2.60. The van der Waals surface area contributed by atoms with E-state index in [2.05, 4.69) is 16.3 Å². The van der Waals surface area contributed by atoms with Gasteiger partial charge < -0.3 is 10.5 Å². The number of H-pyrrole nitrogens is 1. The molecule has 5 nitrogen and oxygen atoms in total. The summed E-state index contributed by atoms with van der Waals surface area (Å²) in [5.74, 6) is 0.650. The van der Waals surface area contributed by atoms with Crippen molar-refractivity contribution in [1.82, 2.24) is 10.2 Å². The Hall–Kier alpha value is -2.06. The smallest absolute Gasteiger partial charge is 0.138 e. The van der Waals surface area contributed by atoms with Gasteiger partial charge >= 0.3 is 0 Å². The predicted octanol–water partition coefficient (Wildman–Crippen LogP) is 2.08. The normalized spacial score (nSPS) is 23.2. The molecule has 1 heterocycles. The molecule has 0 bridgehead atoms. The zero-order valence-corrected chi connectivity index (χ0v) is 10.6. The highest BCUT2D eigenvalue weighted by molar-refractivity contribution is 5.86. The van der Waals surface area contributed by atoms with Crippen LogP contribution in [-0.4, -0.2) is 22.3 Å². The molecular weight excluding hydrogens is 240 g/mol. The van der Waals surface area contributed by atoms with Gasteiger partial charge in [0, 0.05) is 11.4 Å². The molecule has 3 N–H and O–H groups in total. The van der Waals surface area contributed by atoms with Crippen molar-refractivity contribution in [2.75, 3.05) is 0 Å². The van der Waals surface area contributed by atoms with Crippen LogP contribution in [0.1, 0.15) is 31.2 Å². The van der Waals surface area contributed by atoms with Crippen LogP contribution in [0.15, 0.2) is 18.3 Å². The van der Waals surface area contributed by atoms with Crippen molar-refractivity contribution in [3.63, 3.8) is 0 Å². The zero-order chi connectivity index (χ0) is 13.2. The quantitative estimate of drug-likeness (QED) is 0.861. The van der Waals surface area contributed by atoms with Crippen molar-refractivity contribution in [3.05, 3.63) is 23.9 Å². The molecule has 0 atom stereocenters. The highest BCUT2D eigenvalue weighted by Gasteiger charge is 2.21. The molecule has 0 saturated heterocycles. The molecule has 0 spiro atoms. The average molecular weight is 256 g/mol. The number of hydrogen-bond acceptors (Lipinski definition) is 4. The number of nitrogens with two attached hydrogens (primary N) is 1. The Morgan fingerprint density at radius 2 is 2.11 bits per heavy atom. The maximum atomic E-state index is 9.31. The van der Waals surface area contributed by atoms with Crippen LogP contribution in [-0.2, 0) is 0 Å². The van der Waals surface area contributed by atoms with Crippen LogP contribution in [0.5, 0.6) is 5.75 Å². The molecule has 5 heteroatoms. The number of aromatic nitrogens is 2. The zero-order valence-electron chi connectivity index (χ0n) is 10.6. The lowest BCUT2D eigenvalue weighted by atomic mass is 9.93. The first kappa shape index (κ1) is 12.0. The number of hydrogen-bond donors (Lipinski definition) is 2. The van der Waals surface area contributed by atoms with E-state index in [1.807, 2.05) is 12.1 Å². The molecule has 2 aromatic rings. The molecule has 1 fully saturated rings. The maximum Gasteiger partial charge on any atom is 0.138 e. The van der Waals surface area contributed by atoms with E-state index in [0.29, 0.717) is 17.4 Å². The van der Waals surface area contributed by atoms with E-state index >= 15 is 0 Å². The second-order valence-corrected chi connectivity index (χ2v) is 5.04. The van der Waals surface area contributed by atoms with E-state index < -0.39 is 0 Å². The minimum Gasteiger partial charge on any atom is -0.489 e. The molecule has 1 aliphatic rings. The highest BCUT2D eigenvalue weighted by Crippen LogP contribution is 2.29. The van der Waals surface area contributed by atoms with Crippen molar-refractivity contribution < 1.29 is 4.74 Å². The van der Waals surface area contributed by atoms with Crippen LogP contribution in [0.4, 0.5) is 0 Å². The minimum absolute atomic E-state index is 0.163. The van der Waals surface area contributed by atoms with Gasteiger partial charge in [-0.05, 0) is 37.8 Å². The molecule has 1 aliphatic carbocycles. The summed E-state index contributed by atoms with van der Waals surface area (Å²) >= 11 is 0. The van der Waals surface area contributed by atoms with E-state index in [0.717, 1.165) is 36.6 Å². The van der Waals surface area contributed by atoms with Gasteiger partial charge in [-0.3, -0.25) is 5.10 Å². The topological polar surface area (TPSA) is 87.7 Å². The third-order valence-corrected chi connectivity index (χ3v) is 3.71. The molecule has 0 radical (unpaired) electrons. The number of benzene rings is 1. The first-order valence-electron chi connectivity index (χ1n) is 6.56. The van der Waals surface area contributed by atoms with Gasteiger partial charge in [-0.2, -0.15) is 10.4 Å². The molecule has 98 valence electrons. The number of aromatic amines is 1. The summed E-state index contributed by atoms with van der Waals surface area (Å²) in [6, 6.07) is 6.25. The Morgan fingerprint density at radius 1 is 1.32 bits per heavy atom. The second kappa shape index (κ2) is 4.90.